The van der Waals surface area contributed by atoms with Crippen LogP contribution in [-0.4, -0.2) is 26.0 Å². The van der Waals surface area contributed by atoms with Crippen LogP contribution in [0.15, 0.2) is 5.18 Å². The van der Waals surface area contributed by atoms with Gasteiger partial charge in [0.05, 0.1) is 13.3 Å². The normalized spacial score (nSPS) is 9.31. The van der Waals surface area contributed by atoms with Crippen LogP contribution in [0.5, 0.6) is 0 Å². The Hall–Kier alpha value is -1.17. The number of hydrogen-bond donors (Lipinski definition) is 2. The van der Waals surface area contributed by atoms with Gasteiger partial charge in [0.15, 0.2) is 0 Å². The molecule has 0 aliphatic carbocycles. The quantitative estimate of drug-likeness (QED) is 0.352. The minimum Gasteiger partial charge on any atom is -0.450 e. The van der Waals surface area contributed by atoms with E-state index < -0.39 is 6.09 Å². The monoisotopic (exact) mass is 189 g/mol. The van der Waals surface area contributed by atoms with Crippen LogP contribution in [0.2, 0.25) is 0 Å². The first-order valence-corrected chi connectivity index (χ1v) is 4.21. The SMILES string of the molecule is CCCCOC(=O)NCNCN=O. The van der Waals surface area contributed by atoms with Crippen LogP contribution in [-0.2, 0) is 4.74 Å². The Kier molecular flexibility index (Phi) is 8.12. The molecular weight excluding hydrogens is 174 g/mol. The number of amides is 1. The van der Waals surface area contributed by atoms with Gasteiger partial charge in [0, 0.05) is 0 Å². The van der Waals surface area contributed by atoms with Crippen LogP contribution in [0, 0.1) is 4.91 Å². The van der Waals surface area contributed by atoms with Crippen molar-refractivity contribution >= 4 is 6.09 Å². The summed E-state index contributed by atoms with van der Waals surface area (Å²) in [5.74, 6) is 0. The fourth-order valence-corrected chi connectivity index (χ4v) is 0.596. The van der Waals surface area contributed by atoms with Gasteiger partial charge in [0.1, 0.15) is 6.67 Å². The molecule has 0 aromatic heterocycles. The third-order valence-electron chi connectivity index (χ3n) is 1.27. The second-order valence-electron chi connectivity index (χ2n) is 2.38. The van der Waals surface area contributed by atoms with Crippen molar-refractivity contribution in [1.29, 1.82) is 0 Å². The molecule has 0 heterocycles. The predicted molar refractivity (Wildman–Crippen MR) is 48.1 cm³/mol. The van der Waals surface area contributed by atoms with Crippen molar-refractivity contribution in [3.05, 3.63) is 4.91 Å². The predicted octanol–water partition coefficient (Wildman–Crippen LogP) is 0.784. The lowest BCUT2D eigenvalue weighted by Crippen LogP contribution is -2.34. The fraction of sp³-hybridized carbons (Fsp3) is 0.857. The number of nitrogens with zero attached hydrogens (tertiary/aromatic N) is 1. The van der Waals surface area contributed by atoms with Crippen LogP contribution >= 0.6 is 0 Å². The van der Waals surface area contributed by atoms with Crippen molar-refractivity contribution in [3.63, 3.8) is 0 Å². The average molecular weight is 189 g/mol. The Bertz CT molecular complexity index is 152. The molecule has 0 fully saturated rings. The molecule has 0 atom stereocenters. The van der Waals surface area contributed by atoms with Crippen molar-refractivity contribution in [3.8, 4) is 0 Å². The minimum absolute atomic E-state index is 0.0186. The molecule has 0 bridgehead atoms. The molecule has 0 unspecified atom stereocenters. The van der Waals surface area contributed by atoms with Crippen LogP contribution < -0.4 is 10.6 Å². The minimum atomic E-state index is -0.480. The maximum absolute atomic E-state index is 10.8. The van der Waals surface area contributed by atoms with E-state index in [1.165, 1.54) is 0 Å². The summed E-state index contributed by atoms with van der Waals surface area (Å²) in [6, 6.07) is 0. The molecule has 0 radical (unpaired) electrons. The lowest BCUT2D eigenvalue weighted by Gasteiger charge is -2.05. The number of rotatable bonds is 7. The molecule has 0 saturated carbocycles. The molecule has 0 saturated heterocycles. The topological polar surface area (TPSA) is 79.8 Å². The van der Waals surface area contributed by atoms with E-state index in [1.54, 1.807) is 0 Å². The number of unbranched alkanes of at least 4 members (excludes halogenated alkanes) is 1. The summed E-state index contributed by atoms with van der Waals surface area (Å²) in [4.78, 5) is 20.4. The van der Waals surface area contributed by atoms with E-state index in [2.05, 4.69) is 15.8 Å². The second kappa shape index (κ2) is 8.92. The lowest BCUT2D eigenvalue weighted by atomic mass is 10.4. The van der Waals surface area contributed by atoms with Gasteiger partial charge in [0.25, 0.3) is 0 Å². The third kappa shape index (κ3) is 8.74. The Balaban J connectivity index is 3.15. The Morgan fingerprint density at radius 3 is 2.92 bits per heavy atom. The standard InChI is InChI=1S/C7H15N3O3/c1-2-3-4-13-7(11)9-5-8-6-10-12/h8H,2-6H2,1H3,(H,9,11). The molecular formula is C7H15N3O3. The highest BCUT2D eigenvalue weighted by molar-refractivity contribution is 5.66. The second-order valence-corrected chi connectivity index (χ2v) is 2.38. The Morgan fingerprint density at radius 2 is 2.31 bits per heavy atom. The van der Waals surface area contributed by atoms with E-state index in [4.69, 9.17) is 4.74 Å². The first kappa shape index (κ1) is 11.8. The third-order valence-corrected chi connectivity index (χ3v) is 1.27. The maximum atomic E-state index is 10.8. The number of hydrogen-bond acceptors (Lipinski definition) is 5. The number of ether oxygens (including phenoxy) is 1. The largest absolute Gasteiger partial charge is 0.450 e. The smallest absolute Gasteiger partial charge is 0.408 e. The van der Waals surface area contributed by atoms with Gasteiger partial charge in [-0.25, -0.2) is 4.79 Å². The van der Waals surface area contributed by atoms with Crippen LogP contribution in [0.25, 0.3) is 0 Å². The number of nitroso groups, excluding NO2 is 1. The van der Waals surface area contributed by atoms with Gasteiger partial charge in [0.2, 0.25) is 0 Å². The van der Waals surface area contributed by atoms with E-state index in [0.717, 1.165) is 12.8 Å². The molecule has 13 heavy (non-hydrogen) atoms. The van der Waals surface area contributed by atoms with Crippen LogP contribution in [0.1, 0.15) is 19.8 Å². The van der Waals surface area contributed by atoms with Crippen LogP contribution in [0.4, 0.5) is 4.79 Å². The first-order valence-electron chi connectivity index (χ1n) is 4.21. The maximum Gasteiger partial charge on any atom is 0.408 e. The summed E-state index contributed by atoms with van der Waals surface area (Å²) in [5, 5.41) is 7.53. The highest BCUT2D eigenvalue weighted by Crippen LogP contribution is 1.87. The van der Waals surface area contributed by atoms with Crippen molar-refractivity contribution in [2.24, 2.45) is 5.18 Å². The molecule has 2 N–H and O–H groups in total. The lowest BCUT2D eigenvalue weighted by molar-refractivity contribution is 0.144. The van der Waals surface area contributed by atoms with Crippen LogP contribution in [0.3, 0.4) is 0 Å². The van der Waals surface area contributed by atoms with Gasteiger partial charge in [-0.3, -0.25) is 5.32 Å². The molecule has 0 spiro atoms. The molecule has 0 aliphatic rings. The van der Waals surface area contributed by atoms with E-state index in [9.17, 15) is 9.70 Å². The molecule has 1 amide bonds. The van der Waals surface area contributed by atoms with Gasteiger partial charge >= 0.3 is 6.09 Å². The Morgan fingerprint density at radius 1 is 1.54 bits per heavy atom. The van der Waals surface area contributed by atoms with Crippen molar-refractivity contribution in [2.45, 2.75) is 19.8 Å². The van der Waals surface area contributed by atoms with Crippen molar-refractivity contribution in [2.75, 3.05) is 19.9 Å². The van der Waals surface area contributed by atoms with E-state index in [0.29, 0.717) is 6.61 Å². The summed E-state index contributed by atoms with van der Waals surface area (Å²) >= 11 is 0. The van der Waals surface area contributed by atoms with E-state index in [1.807, 2.05) is 6.92 Å². The summed E-state index contributed by atoms with van der Waals surface area (Å²) in [5.41, 5.74) is 0. The Labute approximate surface area is 77.0 Å². The molecule has 6 nitrogen and oxygen atoms in total. The molecule has 0 aliphatic heterocycles. The summed E-state index contributed by atoms with van der Waals surface area (Å²) in [6.45, 7) is 2.61. The van der Waals surface area contributed by atoms with Gasteiger partial charge in [-0.1, -0.05) is 18.5 Å². The van der Waals surface area contributed by atoms with E-state index in [-0.39, 0.29) is 13.3 Å². The van der Waals surface area contributed by atoms with Gasteiger partial charge < -0.3 is 10.1 Å². The summed E-state index contributed by atoms with van der Waals surface area (Å²) in [6.07, 6.45) is 1.36. The number of carbonyl (C=O) groups excluding carboxylic acids is 1. The summed E-state index contributed by atoms with van der Waals surface area (Å²) < 4.78 is 4.76. The highest BCUT2D eigenvalue weighted by Gasteiger charge is 1.98. The molecule has 76 valence electrons. The average Bonchev–Trinajstić information content (AvgIpc) is 2.13. The van der Waals surface area contributed by atoms with Gasteiger partial charge in [-0.15, -0.1) is 4.91 Å². The number of carbonyl (C=O) groups is 1. The highest BCUT2D eigenvalue weighted by atomic mass is 16.5. The number of nitrogens with one attached hydrogen (secondary N) is 2. The van der Waals surface area contributed by atoms with E-state index >= 15 is 0 Å². The zero-order valence-corrected chi connectivity index (χ0v) is 7.71. The zero-order chi connectivity index (χ0) is 9.94. The first-order chi connectivity index (χ1) is 6.31. The molecule has 0 aromatic rings. The van der Waals surface area contributed by atoms with Gasteiger partial charge in [-0.2, -0.15) is 0 Å². The molecule has 0 aromatic carbocycles. The van der Waals surface area contributed by atoms with Gasteiger partial charge in [-0.05, 0) is 6.42 Å². The fourth-order valence-electron chi connectivity index (χ4n) is 0.596. The van der Waals surface area contributed by atoms with Crippen molar-refractivity contribution < 1.29 is 9.53 Å². The molecule has 0 rings (SSSR count). The zero-order valence-electron chi connectivity index (χ0n) is 7.71. The summed E-state index contributed by atoms with van der Waals surface area (Å²) in [7, 11) is 0. The van der Waals surface area contributed by atoms with Crippen molar-refractivity contribution in [1.82, 2.24) is 10.6 Å². The molecule has 6 heteroatoms. The number of alkyl carbamates (subject to hydrolysis) is 1.